The highest BCUT2D eigenvalue weighted by Gasteiger charge is 2.42. The first kappa shape index (κ1) is 30.8. The lowest BCUT2D eigenvalue weighted by atomic mass is 9.86. The van der Waals surface area contributed by atoms with Gasteiger partial charge in [0.2, 0.25) is 0 Å². The van der Waals surface area contributed by atoms with Gasteiger partial charge in [-0.1, -0.05) is 0 Å². The van der Waals surface area contributed by atoms with Crippen LogP contribution in [-0.4, -0.2) is 71.2 Å². The van der Waals surface area contributed by atoms with Crippen molar-refractivity contribution in [3.8, 4) is 0 Å². The monoisotopic (exact) mass is 603 g/mol. The van der Waals surface area contributed by atoms with E-state index in [0.717, 1.165) is 6.92 Å². The van der Waals surface area contributed by atoms with Crippen molar-refractivity contribution in [1.82, 2.24) is 14.8 Å². The van der Waals surface area contributed by atoms with E-state index in [1.807, 2.05) is 0 Å². The van der Waals surface area contributed by atoms with Gasteiger partial charge in [0.1, 0.15) is 17.2 Å². The van der Waals surface area contributed by atoms with Crippen LogP contribution in [-0.2, 0) is 22.3 Å². The standard InChI is InChI=1S/C32H37F4N3O4/c1-17-9-22-21-13-20(29(40)42-6)7-8-25(21)37-27(22)28(39(17)16-32(5,35)36)26-23(33)11-18(12-24(26)34)10-19-14-38(15-19)30(41)43-31(2,3)4/h7-8,11-13,17,19,28,37H,9-10,14-16H2,1-6H3. The number of nitrogens with one attached hydrogen (secondary N) is 1. The lowest BCUT2D eigenvalue weighted by Gasteiger charge is -2.42. The van der Waals surface area contributed by atoms with Gasteiger partial charge in [-0.25, -0.2) is 27.2 Å². The number of halogens is 4. The van der Waals surface area contributed by atoms with Crippen LogP contribution < -0.4 is 0 Å². The van der Waals surface area contributed by atoms with E-state index in [1.54, 1.807) is 50.8 Å². The number of ether oxygens (including phenoxy) is 2. The van der Waals surface area contributed by atoms with Crippen molar-refractivity contribution in [3.63, 3.8) is 0 Å². The molecule has 3 heterocycles. The molecule has 2 aliphatic heterocycles. The number of H-pyrrole nitrogens is 1. The zero-order valence-corrected chi connectivity index (χ0v) is 25.2. The number of fused-ring (bicyclic) bond motifs is 3. The van der Waals surface area contributed by atoms with Gasteiger partial charge in [0.25, 0.3) is 5.92 Å². The van der Waals surface area contributed by atoms with E-state index < -0.39 is 53.8 Å². The predicted octanol–water partition coefficient (Wildman–Crippen LogP) is 6.63. The quantitative estimate of drug-likeness (QED) is 0.253. The van der Waals surface area contributed by atoms with Crippen molar-refractivity contribution in [2.75, 3.05) is 26.7 Å². The maximum Gasteiger partial charge on any atom is 0.410 e. The fraction of sp³-hybridized carbons (Fsp3) is 0.500. The largest absolute Gasteiger partial charge is 0.465 e. The van der Waals surface area contributed by atoms with Crippen LogP contribution in [0.4, 0.5) is 22.4 Å². The minimum Gasteiger partial charge on any atom is -0.465 e. The number of amides is 1. The van der Waals surface area contributed by atoms with Crippen LogP contribution in [0.25, 0.3) is 10.9 Å². The second kappa shape index (κ2) is 11.2. The van der Waals surface area contributed by atoms with Crippen molar-refractivity contribution >= 4 is 23.0 Å². The van der Waals surface area contributed by atoms with E-state index in [0.29, 0.717) is 59.2 Å². The summed E-state index contributed by atoms with van der Waals surface area (Å²) < 4.78 is 71.0. The Morgan fingerprint density at radius 3 is 2.28 bits per heavy atom. The van der Waals surface area contributed by atoms with E-state index in [-0.39, 0.29) is 11.5 Å². The molecule has 0 radical (unpaired) electrons. The third-order valence-corrected chi connectivity index (χ3v) is 8.04. The first-order valence-corrected chi connectivity index (χ1v) is 14.4. The molecule has 11 heteroatoms. The minimum atomic E-state index is -3.12. The molecule has 5 rings (SSSR count). The highest BCUT2D eigenvalue weighted by molar-refractivity contribution is 5.96. The summed E-state index contributed by atoms with van der Waals surface area (Å²) in [5.41, 5.74) is 1.55. The molecule has 0 saturated carbocycles. The molecule has 3 aromatic rings. The Balaban J connectivity index is 1.48. The maximum atomic E-state index is 15.9. The van der Waals surface area contributed by atoms with Gasteiger partial charge >= 0.3 is 12.1 Å². The number of carbonyl (C=O) groups excluding carboxylic acids is 2. The Labute approximate surface area is 248 Å². The van der Waals surface area contributed by atoms with Crippen LogP contribution in [0.1, 0.15) is 73.4 Å². The average molecular weight is 604 g/mol. The number of aromatic nitrogens is 1. The van der Waals surface area contributed by atoms with E-state index in [2.05, 4.69) is 4.98 Å². The molecular formula is C32H37F4N3O4. The molecule has 1 saturated heterocycles. The molecule has 232 valence electrons. The zero-order chi connectivity index (χ0) is 31.4. The van der Waals surface area contributed by atoms with Gasteiger partial charge < -0.3 is 19.4 Å². The molecule has 1 fully saturated rings. The summed E-state index contributed by atoms with van der Waals surface area (Å²) in [6, 6.07) is 5.78. The van der Waals surface area contributed by atoms with Crippen LogP contribution in [0.15, 0.2) is 30.3 Å². The molecule has 7 nitrogen and oxygen atoms in total. The lowest BCUT2D eigenvalue weighted by molar-refractivity contribution is -0.0374. The van der Waals surface area contributed by atoms with Gasteiger partial charge in [0.05, 0.1) is 25.3 Å². The van der Waals surface area contributed by atoms with Crippen molar-refractivity contribution in [2.45, 2.75) is 71.1 Å². The zero-order valence-electron chi connectivity index (χ0n) is 25.2. The van der Waals surface area contributed by atoms with Crippen LogP contribution in [0.2, 0.25) is 0 Å². The van der Waals surface area contributed by atoms with Gasteiger partial charge in [-0.15, -0.1) is 0 Å². The molecule has 0 aliphatic carbocycles. The van der Waals surface area contributed by atoms with Crippen molar-refractivity contribution < 1.29 is 36.6 Å². The maximum absolute atomic E-state index is 15.9. The molecular weight excluding hydrogens is 566 g/mol. The van der Waals surface area contributed by atoms with Crippen molar-refractivity contribution in [1.29, 1.82) is 0 Å². The summed E-state index contributed by atoms with van der Waals surface area (Å²) in [7, 11) is 1.28. The van der Waals surface area contributed by atoms with E-state index in [1.165, 1.54) is 24.1 Å². The fourth-order valence-corrected chi connectivity index (χ4v) is 6.20. The smallest absolute Gasteiger partial charge is 0.410 e. The number of nitrogens with zero attached hydrogens (tertiary/aromatic N) is 2. The lowest BCUT2D eigenvalue weighted by Crippen LogP contribution is -2.52. The van der Waals surface area contributed by atoms with Crippen molar-refractivity contribution in [2.24, 2.45) is 5.92 Å². The summed E-state index contributed by atoms with van der Waals surface area (Å²) in [5, 5.41) is 0.676. The number of methoxy groups -OCH3 is 1. The predicted molar refractivity (Wildman–Crippen MR) is 153 cm³/mol. The Morgan fingerprint density at radius 1 is 1.05 bits per heavy atom. The molecule has 2 aliphatic rings. The second-order valence-electron chi connectivity index (χ2n) is 12.9. The Bertz CT molecular complexity index is 1530. The topological polar surface area (TPSA) is 74.9 Å². The number of rotatable bonds is 6. The number of carbonyl (C=O) groups is 2. The Kier molecular flexibility index (Phi) is 8.00. The van der Waals surface area contributed by atoms with Crippen LogP contribution >= 0.6 is 0 Å². The number of esters is 1. The number of hydrogen-bond donors (Lipinski definition) is 1. The van der Waals surface area contributed by atoms with E-state index in [4.69, 9.17) is 9.47 Å². The van der Waals surface area contributed by atoms with Gasteiger partial charge in [0, 0.05) is 48.2 Å². The molecule has 0 bridgehead atoms. The summed E-state index contributed by atoms with van der Waals surface area (Å²) in [4.78, 5) is 30.6. The molecule has 2 atom stereocenters. The van der Waals surface area contributed by atoms with Crippen LogP contribution in [0.5, 0.6) is 0 Å². The summed E-state index contributed by atoms with van der Waals surface area (Å²) >= 11 is 0. The first-order valence-electron chi connectivity index (χ1n) is 14.4. The third-order valence-electron chi connectivity index (χ3n) is 8.04. The first-order chi connectivity index (χ1) is 20.0. The molecule has 1 N–H and O–H groups in total. The highest BCUT2D eigenvalue weighted by atomic mass is 19.3. The van der Waals surface area contributed by atoms with E-state index >= 15 is 8.78 Å². The summed E-state index contributed by atoms with van der Waals surface area (Å²) in [6.45, 7) is 7.99. The number of likely N-dealkylation sites (tertiary alicyclic amines) is 1. The van der Waals surface area contributed by atoms with Gasteiger partial charge in [-0.2, -0.15) is 0 Å². The molecule has 2 aromatic carbocycles. The van der Waals surface area contributed by atoms with Gasteiger partial charge in [-0.05, 0) is 87.9 Å². The SMILES string of the molecule is COC(=O)c1ccc2[nH]c3c(c2c1)CC(C)N(CC(C)(F)F)C3c1c(F)cc(CC2CN(C(=O)OC(C)(C)C)C2)cc1F. The van der Waals surface area contributed by atoms with Crippen molar-refractivity contribution in [3.05, 3.63) is 69.9 Å². The second-order valence-corrected chi connectivity index (χ2v) is 12.9. The Hall–Kier alpha value is -3.60. The van der Waals surface area contributed by atoms with Crippen LogP contribution in [0.3, 0.4) is 0 Å². The van der Waals surface area contributed by atoms with Gasteiger partial charge in [-0.3, -0.25) is 4.90 Å². The summed E-state index contributed by atoms with van der Waals surface area (Å²) in [6.07, 6.45) is 0.256. The normalized spacial score (nSPS) is 19.7. The number of alkyl halides is 2. The highest BCUT2D eigenvalue weighted by Crippen LogP contribution is 2.44. The fourth-order valence-electron chi connectivity index (χ4n) is 6.20. The average Bonchev–Trinajstić information content (AvgIpc) is 3.22. The molecule has 1 amide bonds. The molecule has 43 heavy (non-hydrogen) atoms. The minimum absolute atomic E-state index is 0.00599. The van der Waals surface area contributed by atoms with Crippen LogP contribution in [0, 0.1) is 17.6 Å². The van der Waals surface area contributed by atoms with Gasteiger partial charge in [0.15, 0.2) is 0 Å². The molecule has 2 unspecified atom stereocenters. The van der Waals surface area contributed by atoms with E-state index in [9.17, 15) is 18.4 Å². The number of benzene rings is 2. The Morgan fingerprint density at radius 2 is 1.70 bits per heavy atom. The third kappa shape index (κ3) is 6.37. The number of hydrogen-bond acceptors (Lipinski definition) is 5. The summed E-state index contributed by atoms with van der Waals surface area (Å²) in [5.74, 6) is -5.31. The number of aromatic amines is 1. The molecule has 1 aromatic heterocycles. The molecule has 0 spiro atoms.